The summed E-state index contributed by atoms with van der Waals surface area (Å²) in [5.41, 5.74) is 5.31. The van der Waals surface area contributed by atoms with Crippen molar-refractivity contribution in [1.82, 2.24) is 9.78 Å². The molecule has 2 N–H and O–H groups in total. The van der Waals surface area contributed by atoms with Crippen molar-refractivity contribution in [2.24, 2.45) is 7.05 Å². The van der Waals surface area contributed by atoms with Gasteiger partial charge in [-0.2, -0.15) is 18.3 Å². The number of halogens is 3. The molecule has 1 aromatic carbocycles. The Morgan fingerprint density at radius 1 is 1.18 bits per heavy atom. The minimum absolute atomic E-state index is 0.0469. The van der Waals surface area contributed by atoms with Crippen molar-refractivity contribution in [3.05, 3.63) is 36.0 Å². The van der Waals surface area contributed by atoms with Crippen LogP contribution in [-0.4, -0.2) is 9.78 Å². The van der Waals surface area contributed by atoms with Crippen molar-refractivity contribution >= 4 is 5.82 Å². The maximum atomic E-state index is 12.8. The second kappa shape index (κ2) is 3.80. The van der Waals surface area contributed by atoms with Gasteiger partial charge in [0.25, 0.3) is 0 Å². The summed E-state index contributed by atoms with van der Waals surface area (Å²) in [6, 6.07) is 5.30. The molecular weight excluding hydrogens is 231 g/mol. The molecule has 0 bridgehead atoms. The number of nitrogen functional groups attached to an aromatic ring is 1. The Kier molecular flexibility index (Phi) is 2.57. The highest BCUT2D eigenvalue weighted by molar-refractivity contribution is 5.76. The van der Waals surface area contributed by atoms with Gasteiger partial charge in [-0.1, -0.05) is 18.2 Å². The monoisotopic (exact) mass is 241 g/mol. The molecule has 2 rings (SSSR count). The van der Waals surface area contributed by atoms with Crippen LogP contribution < -0.4 is 5.73 Å². The van der Waals surface area contributed by atoms with Gasteiger partial charge in [0, 0.05) is 12.6 Å². The van der Waals surface area contributed by atoms with E-state index in [1.165, 1.54) is 29.1 Å². The lowest BCUT2D eigenvalue weighted by Crippen LogP contribution is -2.07. The molecule has 2 aromatic rings. The summed E-state index contributed by atoms with van der Waals surface area (Å²) in [6.45, 7) is 0. The molecule has 0 fully saturated rings. The van der Waals surface area contributed by atoms with Gasteiger partial charge >= 0.3 is 6.18 Å². The van der Waals surface area contributed by atoms with Gasteiger partial charge in [0.15, 0.2) is 0 Å². The Hall–Kier alpha value is -1.98. The van der Waals surface area contributed by atoms with Gasteiger partial charge in [-0.3, -0.25) is 4.68 Å². The molecule has 1 heterocycles. The fraction of sp³-hybridized carbons (Fsp3) is 0.182. The maximum absolute atomic E-state index is 12.8. The third-order valence-corrected chi connectivity index (χ3v) is 2.51. The Morgan fingerprint density at radius 3 is 2.35 bits per heavy atom. The first-order chi connectivity index (χ1) is 7.91. The van der Waals surface area contributed by atoms with Crippen LogP contribution >= 0.6 is 0 Å². The highest BCUT2D eigenvalue weighted by atomic mass is 19.4. The number of hydrogen-bond acceptors (Lipinski definition) is 2. The van der Waals surface area contributed by atoms with Gasteiger partial charge in [0.2, 0.25) is 0 Å². The standard InChI is InChI=1S/C11H10F3N3/c1-17-10(15)8(6-16-17)7-4-2-3-5-9(7)11(12,13)14/h2-6H,15H2,1H3. The molecule has 0 aliphatic carbocycles. The molecule has 0 aliphatic rings. The molecular formula is C11H10F3N3. The highest BCUT2D eigenvalue weighted by Gasteiger charge is 2.34. The summed E-state index contributed by atoms with van der Waals surface area (Å²) < 4.78 is 39.7. The smallest absolute Gasteiger partial charge is 0.383 e. The Morgan fingerprint density at radius 2 is 1.82 bits per heavy atom. The van der Waals surface area contributed by atoms with Crippen LogP contribution in [0.4, 0.5) is 19.0 Å². The van der Waals surface area contributed by atoms with Crippen LogP contribution in [0.15, 0.2) is 30.5 Å². The van der Waals surface area contributed by atoms with Gasteiger partial charge < -0.3 is 5.73 Å². The van der Waals surface area contributed by atoms with Crippen LogP contribution in [0.5, 0.6) is 0 Å². The molecule has 0 amide bonds. The zero-order valence-corrected chi connectivity index (χ0v) is 8.99. The van der Waals surface area contributed by atoms with Crippen molar-refractivity contribution < 1.29 is 13.2 Å². The molecule has 17 heavy (non-hydrogen) atoms. The summed E-state index contributed by atoms with van der Waals surface area (Å²) in [6.07, 6.45) is -3.07. The molecule has 0 unspecified atom stereocenters. The van der Waals surface area contributed by atoms with Gasteiger partial charge in [-0.25, -0.2) is 0 Å². The van der Waals surface area contributed by atoms with Crippen LogP contribution in [0, 0.1) is 0 Å². The fourth-order valence-electron chi connectivity index (χ4n) is 1.62. The van der Waals surface area contributed by atoms with Crippen LogP contribution in [0.2, 0.25) is 0 Å². The number of aromatic nitrogens is 2. The molecule has 1 aromatic heterocycles. The Bertz CT molecular complexity index is 543. The van der Waals surface area contributed by atoms with Crippen molar-refractivity contribution in [2.45, 2.75) is 6.18 Å². The Balaban J connectivity index is 2.64. The first-order valence-electron chi connectivity index (χ1n) is 4.85. The van der Waals surface area contributed by atoms with Crippen LogP contribution in [0.25, 0.3) is 11.1 Å². The van der Waals surface area contributed by atoms with Gasteiger partial charge in [-0.15, -0.1) is 0 Å². The quantitative estimate of drug-likeness (QED) is 0.834. The van der Waals surface area contributed by atoms with Crippen LogP contribution in [-0.2, 0) is 13.2 Å². The molecule has 0 radical (unpaired) electrons. The van der Waals surface area contributed by atoms with E-state index in [0.717, 1.165) is 6.07 Å². The molecule has 0 spiro atoms. The third kappa shape index (κ3) is 1.98. The van der Waals surface area contributed by atoms with Gasteiger partial charge in [0.1, 0.15) is 5.82 Å². The number of rotatable bonds is 1. The number of nitrogens with zero attached hydrogens (tertiary/aromatic N) is 2. The molecule has 0 atom stereocenters. The molecule has 6 heteroatoms. The summed E-state index contributed by atoms with van der Waals surface area (Å²) in [7, 11) is 1.58. The average molecular weight is 241 g/mol. The fourth-order valence-corrected chi connectivity index (χ4v) is 1.62. The molecule has 0 saturated heterocycles. The maximum Gasteiger partial charge on any atom is 0.417 e. The third-order valence-electron chi connectivity index (χ3n) is 2.51. The van der Waals surface area contributed by atoms with Crippen LogP contribution in [0.1, 0.15) is 5.56 Å². The van der Waals surface area contributed by atoms with Gasteiger partial charge in [0.05, 0.1) is 11.8 Å². The van der Waals surface area contributed by atoms with Crippen molar-refractivity contribution in [1.29, 1.82) is 0 Å². The lowest BCUT2D eigenvalue weighted by Gasteiger charge is -2.11. The number of nitrogens with two attached hydrogens (primary N) is 1. The SMILES string of the molecule is Cn1ncc(-c2ccccc2C(F)(F)F)c1N. The largest absolute Gasteiger partial charge is 0.417 e. The molecule has 0 aliphatic heterocycles. The zero-order valence-electron chi connectivity index (χ0n) is 8.99. The zero-order chi connectivity index (χ0) is 12.6. The van der Waals surface area contributed by atoms with E-state index in [1.54, 1.807) is 7.05 Å². The first-order valence-corrected chi connectivity index (χ1v) is 4.85. The molecule has 90 valence electrons. The predicted octanol–water partition coefficient (Wildman–Crippen LogP) is 2.69. The average Bonchev–Trinajstić information content (AvgIpc) is 2.59. The summed E-state index contributed by atoms with van der Waals surface area (Å²) in [5, 5.41) is 3.84. The minimum Gasteiger partial charge on any atom is -0.383 e. The lowest BCUT2D eigenvalue weighted by atomic mass is 10.0. The lowest BCUT2D eigenvalue weighted by molar-refractivity contribution is -0.137. The van der Waals surface area contributed by atoms with Crippen molar-refractivity contribution in [3.8, 4) is 11.1 Å². The van der Waals surface area contributed by atoms with E-state index >= 15 is 0 Å². The highest BCUT2D eigenvalue weighted by Crippen LogP contribution is 2.38. The van der Waals surface area contributed by atoms with E-state index in [4.69, 9.17) is 5.73 Å². The van der Waals surface area contributed by atoms with E-state index in [1.807, 2.05) is 0 Å². The van der Waals surface area contributed by atoms with E-state index in [2.05, 4.69) is 5.10 Å². The first kappa shape index (κ1) is 11.5. The van der Waals surface area contributed by atoms with E-state index in [9.17, 15) is 13.2 Å². The topological polar surface area (TPSA) is 43.8 Å². The second-order valence-corrected chi connectivity index (χ2v) is 3.61. The van der Waals surface area contributed by atoms with Crippen molar-refractivity contribution in [2.75, 3.05) is 5.73 Å². The van der Waals surface area contributed by atoms with Crippen molar-refractivity contribution in [3.63, 3.8) is 0 Å². The Labute approximate surface area is 95.7 Å². The number of hydrogen-bond donors (Lipinski definition) is 1. The molecule has 0 saturated carbocycles. The van der Waals surface area contributed by atoms with Gasteiger partial charge in [-0.05, 0) is 11.6 Å². The number of aryl methyl sites for hydroxylation is 1. The summed E-state index contributed by atoms with van der Waals surface area (Å²) in [4.78, 5) is 0. The van der Waals surface area contributed by atoms with E-state index in [-0.39, 0.29) is 11.4 Å². The molecule has 3 nitrogen and oxygen atoms in total. The minimum atomic E-state index is -4.40. The van der Waals surface area contributed by atoms with E-state index < -0.39 is 11.7 Å². The summed E-state index contributed by atoms with van der Waals surface area (Å²) in [5.74, 6) is 0.210. The van der Waals surface area contributed by atoms with E-state index in [0.29, 0.717) is 5.56 Å². The number of benzene rings is 1. The number of alkyl halides is 3. The summed E-state index contributed by atoms with van der Waals surface area (Å²) >= 11 is 0. The normalized spacial score (nSPS) is 11.8. The predicted molar refractivity (Wildman–Crippen MR) is 58.1 cm³/mol. The number of anilines is 1. The second-order valence-electron chi connectivity index (χ2n) is 3.61. The van der Waals surface area contributed by atoms with Crippen LogP contribution in [0.3, 0.4) is 0 Å².